The lowest BCUT2D eigenvalue weighted by atomic mass is 9.78. The minimum absolute atomic E-state index is 0. The summed E-state index contributed by atoms with van der Waals surface area (Å²) >= 11 is 2.30. The Labute approximate surface area is 133 Å². The van der Waals surface area contributed by atoms with Crippen molar-refractivity contribution >= 4 is 46.6 Å². The molecule has 2 fully saturated rings. The average Bonchev–Trinajstić information content (AvgIpc) is 2.68. The van der Waals surface area contributed by atoms with E-state index in [2.05, 4.69) is 40.0 Å². The van der Waals surface area contributed by atoms with Crippen molar-refractivity contribution in [3.05, 3.63) is 27.8 Å². The summed E-state index contributed by atoms with van der Waals surface area (Å²) in [7, 11) is 0. The van der Waals surface area contributed by atoms with Crippen LogP contribution in [0.3, 0.4) is 0 Å². The Kier molecular flexibility index (Phi) is 4.74. The van der Waals surface area contributed by atoms with Crippen LogP contribution in [-0.4, -0.2) is 25.5 Å². The molecule has 0 aromatic heterocycles. The van der Waals surface area contributed by atoms with Crippen LogP contribution in [0, 0.1) is 8.99 Å². The molecule has 0 aliphatic carbocycles. The molecule has 3 nitrogen and oxygen atoms in total. The van der Waals surface area contributed by atoms with Crippen molar-refractivity contribution in [3.8, 4) is 0 Å². The van der Waals surface area contributed by atoms with E-state index in [0.717, 1.165) is 44.6 Å². The zero-order valence-corrected chi connectivity index (χ0v) is 13.7. The standard InChI is InChI=1S/C14H17IN2O.ClH/c15-11-2-1-3-12(10-11)17-9-6-14(13(17)18)4-7-16-8-5-14;/h1-3,10,16H,4-9H2;1H. The molecular formula is C14H18ClIN2O. The maximum absolute atomic E-state index is 12.7. The van der Waals surface area contributed by atoms with E-state index in [9.17, 15) is 4.79 Å². The summed E-state index contributed by atoms with van der Waals surface area (Å²) in [5, 5.41) is 3.35. The van der Waals surface area contributed by atoms with E-state index in [4.69, 9.17) is 0 Å². The van der Waals surface area contributed by atoms with Crippen LogP contribution in [0.1, 0.15) is 19.3 Å². The minimum Gasteiger partial charge on any atom is -0.317 e. The number of hydrogen-bond donors (Lipinski definition) is 1. The van der Waals surface area contributed by atoms with Gasteiger partial charge in [-0.2, -0.15) is 0 Å². The van der Waals surface area contributed by atoms with Gasteiger partial charge in [-0.15, -0.1) is 12.4 Å². The Hall–Kier alpha value is -0.330. The highest BCUT2D eigenvalue weighted by Gasteiger charge is 2.47. The van der Waals surface area contributed by atoms with E-state index in [0.29, 0.717) is 5.91 Å². The Bertz CT molecular complexity index is 474. The highest BCUT2D eigenvalue weighted by molar-refractivity contribution is 14.1. The number of hydrogen-bond acceptors (Lipinski definition) is 2. The topological polar surface area (TPSA) is 32.3 Å². The first-order valence-corrected chi connectivity index (χ1v) is 7.57. The fraction of sp³-hybridized carbons (Fsp3) is 0.500. The lowest BCUT2D eigenvalue weighted by molar-refractivity contribution is -0.126. The van der Waals surface area contributed by atoms with Crippen molar-refractivity contribution < 1.29 is 4.79 Å². The molecular weight excluding hydrogens is 375 g/mol. The predicted molar refractivity (Wildman–Crippen MR) is 87.9 cm³/mol. The number of halogens is 2. The van der Waals surface area contributed by atoms with Gasteiger partial charge in [-0.1, -0.05) is 6.07 Å². The monoisotopic (exact) mass is 392 g/mol. The van der Waals surface area contributed by atoms with E-state index in [-0.39, 0.29) is 17.8 Å². The van der Waals surface area contributed by atoms with Crippen molar-refractivity contribution in [2.45, 2.75) is 19.3 Å². The molecule has 2 aliphatic heterocycles. The molecule has 1 N–H and O–H groups in total. The number of carbonyl (C=O) groups is 1. The summed E-state index contributed by atoms with van der Waals surface area (Å²) in [6, 6.07) is 8.22. The van der Waals surface area contributed by atoms with Gasteiger partial charge in [0.15, 0.2) is 0 Å². The first-order chi connectivity index (χ1) is 8.71. The number of benzene rings is 1. The molecule has 0 bridgehead atoms. The second-order valence-electron chi connectivity index (χ2n) is 5.22. The molecule has 1 aromatic carbocycles. The first kappa shape index (κ1) is 15.1. The number of nitrogens with zero attached hydrogens (tertiary/aromatic N) is 1. The summed E-state index contributed by atoms with van der Waals surface area (Å²) < 4.78 is 1.18. The van der Waals surface area contributed by atoms with Crippen molar-refractivity contribution in [1.82, 2.24) is 5.32 Å². The molecule has 1 spiro atoms. The van der Waals surface area contributed by atoms with Gasteiger partial charge in [0.1, 0.15) is 0 Å². The first-order valence-electron chi connectivity index (χ1n) is 6.50. The molecule has 1 aromatic rings. The number of amides is 1. The van der Waals surface area contributed by atoms with Gasteiger partial charge in [0, 0.05) is 15.8 Å². The maximum Gasteiger partial charge on any atom is 0.233 e. The molecule has 2 aliphatic rings. The smallest absolute Gasteiger partial charge is 0.233 e. The third-order valence-electron chi connectivity index (χ3n) is 4.19. The molecule has 0 atom stereocenters. The third-order valence-corrected chi connectivity index (χ3v) is 4.86. The van der Waals surface area contributed by atoms with Gasteiger partial charge in [-0.05, 0) is 73.1 Å². The summed E-state index contributed by atoms with van der Waals surface area (Å²) in [6.07, 6.45) is 3.00. The van der Waals surface area contributed by atoms with Gasteiger partial charge in [0.25, 0.3) is 0 Å². The Morgan fingerprint density at radius 1 is 1.21 bits per heavy atom. The van der Waals surface area contributed by atoms with Gasteiger partial charge in [0.05, 0.1) is 5.41 Å². The molecule has 1 amide bonds. The summed E-state index contributed by atoms with van der Waals surface area (Å²) in [5.74, 6) is 0.339. The van der Waals surface area contributed by atoms with Crippen LogP contribution in [0.5, 0.6) is 0 Å². The quantitative estimate of drug-likeness (QED) is 0.746. The normalized spacial score (nSPS) is 21.5. The second kappa shape index (κ2) is 5.97. The molecule has 104 valence electrons. The lowest BCUT2D eigenvalue weighted by Gasteiger charge is -2.32. The van der Waals surface area contributed by atoms with Gasteiger partial charge < -0.3 is 10.2 Å². The lowest BCUT2D eigenvalue weighted by Crippen LogP contribution is -2.42. The minimum atomic E-state index is -0.0769. The van der Waals surface area contributed by atoms with Crippen LogP contribution in [0.2, 0.25) is 0 Å². The highest BCUT2D eigenvalue weighted by atomic mass is 127. The molecule has 0 unspecified atom stereocenters. The molecule has 0 saturated carbocycles. The highest BCUT2D eigenvalue weighted by Crippen LogP contribution is 2.41. The van der Waals surface area contributed by atoms with Crippen LogP contribution in [0.4, 0.5) is 5.69 Å². The fourth-order valence-electron chi connectivity index (χ4n) is 3.08. The number of rotatable bonds is 1. The van der Waals surface area contributed by atoms with Gasteiger partial charge in [-0.25, -0.2) is 0 Å². The molecule has 0 radical (unpaired) electrons. The van der Waals surface area contributed by atoms with Crippen molar-refractivity contribution in [2.24, 2.45) is 5.41 Å². The molecule has 2 saturated heterocycles. The van der Waals surface area contributed by atoms with Gasteiger partial charge >= 0.3 is 0 Å². The maximum atomic E-state index is 12.7. The summed E-state index contributed by atoms with van der Waals surface area (Å²) in [5.41, 5.74) is 0.981. The van der Waals surface area contributed by atoms with E-state index in [1.807, 2.05) is 17.0 Å². The van der Waals surface area contributed by atoms with Crippen LogP contribution >= 0.6 is 35.0 Å². The molecule has 19 heavy (non-hydrogen) atoms. The number of anilines is 1. The third kappa shape index (κ3) is 2.76. The van der Waals surface area contributed by atoms with Crippen LogP contribution < -0.4 is 10.2 Å². The second-order valence-corrected chi connectivity index (χ2v) is 6.46. The van der Waals surface area contributed by atoms with Gasteiger partial charge in [-0.3, -0.25) is 4.79 Å². The molecule has 3 rings (SSSR count). The summed E-state index contributed by atoms with van der Waals surface area (Å²) in [4.78, 5) is 14.7. The van der Waals surface area contributed by atoms with E-state index in [1.165, 1.54) is 3.57 Å². The van der Waals surface area contributed by atoms with Crippen LogP contribution in [-0.2, 0) is 4.79 Å². The number of nitrogens with one attached hydrogen (secondary N) is 1. The number of piperidine rings is 1. The van der Waals surface area contributed by atoms with Crippen LogP contribution in [0.25, 0.3) is 0 Å². The van der Waals surface area contributed by atoms with E-state index < -0.39 is 0 Å². The Morgan fingerprint density at radius 3 is 2.63 bits per heavy atom. The van der Waals surface area contributed by atoms with Crippen molar-refractivity contribution in [2.75, 3.05) is 24.5 Å². The molecule has 2 heterocycles. The van der Waals surface area contributed by atoms with Crippen molar-refractivity contribution in [3.63, 3.8) is 0 Å². The van der Waals surface area contributed by atoms with Crippen molar-refractivity contribution in [1.29, 1.82) is 0 Å². The molecule has 5 heteroatoms. The largest absolute Gasteiger partial charge is 0.317 e. The van der Waals surface area contributed by atoms with E-state index >= 15 is 0 Å². The number of carbonyl (C=O) groups excluding carboxylic acids is 1. The van der Waals surface area contributed by atoms with Gasteiger partial charge in [0.2, 0.25) is 5.91 Å². The zero-order valence-electron chi connectivity index (χ0n) is 10.7. The Balaban J connectivity index is 0.00000133. The van der Waals surface area contributed by atoms with Crippen LogP contribution in [0.15, 0.2) is 24.3 Å². The SMILES string of the molecule is Cl.O=C1N(c2cccc(I)c2)CCC12CCNCC2. The van der Waals surface area contributed by atoms with E-state index in [1.54, 1.807) is 0 Å². The Morgan fingerprint density at radius 2 is 1.95 bits per heavy atom. The average molecular weight is 393 g/mol. The zero-order chi connectivity index (χ0) is 12.6. The predicted octanol–water partition coefficient (Wildman–Crippen LogP) is 2.82. The summed E-state index contributed by atoms with van der Waals surface area (Å²) in [6.45, 7) is 2.83. The fourth-order valence-corrected chi connectivity index (χ4v) is 3.61.